The normalized spacial score (nSPS) is 31.7. The molecule has 0 bridgehead atoms. The van der Waals surface area contributed by atoms with Gasteiger partial charge >= 0.3 is 0 Å². The van der Waals surface area contributed by atoms with Crippen molar-refractivity contribution in [3.05, 3.63) is 15.9 Å². The van der Waals surface area contributed by atoms with E-state index in [1.54, 1.807) is 0 Å². The fourth-order valence-corrected chi connectivity index (χ4v) is 4.26. The van der Waals surface area contributed by atoms with Crippen molar-refractivity contribution in [1.82, 2.24) is 14.7 Å². The minimum Gasteiger partial charge on any atom is -0.327 e. The molecule has 3 unspecified atom stereocenters. The molecule has 1 aliphatic heterocycles. The number of halogens is 1. The molecule has 2 aliphatic rings. The van der Waals surface area contributed by atoms with Crippen LogP contribution < -0.4 is 5.73 Å². The first-order chi connectivity index (χ1) is 9.06. The Morgan fingerprint density at radius 1 is 1.37 bits per heavy atom. The van der Waals surface area contributed by atoms with Gasteiger partial charge < -0.3 is 5.73 Å². The second-order valence-electron chi connectivity index (χ2n) is 6.18. The van der Waals surface area contributed by atoms with Crippen LogP contribution >= 0.6 is 15.9 Å². The lowest BCUT2D eigenvalue weighted by Gasteiger charge is -2.29. The van der Waals surface area contributed by atoms with Gasteiger partial charge in [-0.1, -0.05) is 6.42 Å². The van der Waals surface area contributed by atoms with Crippen LogP contribution in [0.25, 0.3) is 0 Å². The number of aromatic nitrogens is 2. The van der Waals surface area contributed by atoms with Gasteiger partial charge in [-0.3, -0.25) is 9.58 Å². The maximum absolute atomic E-state index is 6.29. The molecule has 1 aliphatic carbocycles. The zero-order chi connectivity index (χ0) is 13.6. The van der Waals surface area contributed by atoms with Gasteiger partial charge in [-0.25, -0.2) is 0 Å². The average molecular weight is 327 g/mol. The van der Waals surface area contributed by atoms with E-state index in [0.29, 0.717) is 12.0 Å². The summed E-state index contributed by atoms with van der Waals surface area (Å²) in [6, 6.07) is 0.417. The molecule has 2 fully saturated rings. The third kappa shape index (κ3) is 2.48. The molecule has 0 aromatic carbocycles. The largest absolute Gasteiger partial charge is 0.327 e. The summed E-state index contributed by atoms with van der Waals surface area (Å²) in [6.45, 7) is 5.39. The first kappa shape index (κ1) is 13.6. The summed E-state index contributed by atoms with van der Waals surface area (Å²) in [4.78, 5) is 2.56. The molecular weight excluding hydrogens is 304 g/mol. The van der Waals surface area contributed by atoms with Gasteiger partial charge in [-0.05, 0) is 47.5 Å². The number of hydrogen-bond donors (Lipinski definition) is 1. The molecule has 1 aromatic heterocycles. The van der Waals surface area contributed by atoms with Crippen LogP contribution in [0.1, 0.15) is 30.7 Å². The minimum atomic E-state index is 0.417. The second kappa shape index (κ2) is 5.19. The highest BCUT2D eigenvalue weighted by molar-refractivity contribution is 9.10. The standard InChI is InChI=1S/C14H23BrN4/c1-9-14(15)13(18(2)17-9)8-19-6-10-4-3-5-12(16)11(10)7-19/h10-12H,3-8,16H2,1-2H3. The number of aryl methyl sites for hydroxylation is 2. The molecule has 0 spiro atoms. The Balaban J connectivity index is 1.71. The zero-order valence-electron chi connectivity index (χ0n) is 11.8. The van der Waals surface area contributed by atoms with Crippen molar-refractivity contribution in [2.45, 2.75) is 38.8 Å². The predicted molar refractivity (Wildman–Crippen MR) is 79.7 cm³/mol. The molecule has 0 radical (unpaired) electrons. The lowest BCUT2D eigenvalue weighted by molar-refractivity contribution is 0.259. The fraction of sp³-hybridized carbons (Fsp3) is 0.786. The quantitative estimate of drug-likeness (QED) is 0.904. The Hall–Kier alpha value is -0.390. The van der Waals surface area contributed by atoms with Crippen LogP contribution in [-0.2, 0) is 13.6 Å². The first-order valence-corrected chi connectivity index (χ1v) is 8.01. The number of fused-ring (bicyclic) bond motifs is 1. The highest BCUT2D eigenvalue weighted by atomic mass is 79.9. The SMILES string of the molecule is Cc1nn(C)c(CN2CC3CCCC(N)C3C2)c1Br. The average Bonchev–Trinajstić information content (AvgIpc) is 2.88. The molecule has 3 rings (SSSR count). The van der Waals surface area contributed by atoms with Crippen molar-refractivity contribution in [3.8, 4) is 0 Å². The molecule has 3 atom stereocenters. The van der Waals surface area contributed by atoms with E-state index in [4.69, 9.17) is 5.73 Å². The third-order valence-corrected chi connectivity index (χ3v) is 5.90. The van der Waals surface area contributed by atoms with Gasteiger partial charge in [0.05, 0.1) is 15.9 Å². The van der Waals surface area contributed by atoms with E-state index in [-0.39, 0.29) is 0 Å². The van der Waals surface area contributed by atoms with E-state index in [1.165, 1.54) is 31.5 Å². The molecule has 2 N–H and O–H groups in total. The molecule has 0 amide bonds. The van der Waals surface area contributed by atoms with Gasteiger partial charge in [-0.2, -0.15) is 5.10 Å². The minimum absolute atomic E-state index is 0.417. The van der Waals surface area contributed by atoms with Crippen LogP contribution in [-0.4, -0.2) is 33.8 Å². The maximum atomic E-state index is 6.29. The van der Waals surface area contributed by atoms with Crippen LogP contribution in [0.3, 0.4) is 0 Å². The van der Waals surface area contributed by atoms with Crippen molar-refractivity contribution in [3.63, 3.8) is 0 Å². The van der Waals surface area contributed by atoms with Crippen LogP contribution in [0.2, 0.25) is 0 Å². The van der Waals surface area contributed by atoms with Gasteiger partial charge in [0.2, 0.25) is 0 Å². The van der Waals surface area contributed by atoms with Gasteiger partial charge in [0.15, 0.2) is 0 Å². The van der Waals surface area contributed by atoms with Crippen LogP contribution in [0.5, 0.6) is 0 Å². The van der Waals surface area contributed by atoms with Gasteiger partial charge in [0.25, 0.3) is 0 Å². The Kier molecular flexibility index (Phi) is 3.71. The first-order valence-electron chi connectivity index (χ1n) is 7.22. The Morgan fingerprint density at radius 3 is 2.79 bits per heavy atom. The number of nitrogens with two attached hydrogens (primary N) is 1. The molecule has 19 heavy (non-hydrogen) atoms. The van der Waals surface area contributed by atoms with E-state index in [1.807, 2.05) is 18.7 Å². The van der Waals surface area contributed by atoms with E-state index in [2.05, 4.69) is 25.9 Å². The number of rotatable bonds is 2. The third-order valence-electron chi connectivity index (χ3n) is 4.86. The van der Waals surface area contributed by atoms with Crippen LogP contribution in [0.15, 0.2) is 4.47 Å². The van der Waals surface area contributed by atoms with Gasteiger partial charge in [0, 0.05) is 32.7 Å². The van der Waals surface area contributed by atoms with E-state index in [9.17, 15) is 0 Å². The summed E-state index contributed by atoms with van der Waals surface area (Å²) in [7, 11) is 2.03. The smallest absolute Gasteiger partial charge is 0.0739 e. The van der Waals surface area contributed by atoms with Crippen molar-refractivity contribution in [2.24, 2.45) is 24.6 Å². The predicted octanol–water partition coefficient (Wildman–Crippen LogP) is 2.05. The van der Waals surface area contributed by atoms with Gasteiger partial charge in [0.1, 0.15) is 0 Å². The fourth-order valence-electron chi connectivity index (χ4n) is 3.80. The van der Waals surface area contributed by atoms with Crippen LogP contribution in [0.4, 0.5) is 0 Å². The Bertz CT molecular complexity index is 470. The number of nitrogens with zero attached hydrogens (tertiary/aromatic N) is 3. The molecule has 1 aromatic rings. The molecule has 5 heteroatoms. The molecule has 1 saturated heterocycles. The van der Waals surface area contributed by atoms with Crippen molar-refractivity contribution in [2.75, 3.05) is 13.1 Å². The Morgan fingerprint density at radius 2 is 2.16 bits per heavy atom. The summed E-state index contributed by atoms with van der Waals surface area (Å²) in [5.74, 6) is 1.53. The van der Waals surface area contributed by atoms with Gasteiger partial charge in [-0.15, -0.1) is 0 Å². The molecular formula is C14H23BrN4. The summed E-state index contributed by atoms with van der Waals surface area (Å²) < 4.78 is 3.16. The number of hydrogen-bond acceptors (Lipinski definition) is 3. The second-order valence-corrected chi connectivity index (χ2v) is 6.98. The monoisotopic (exact) mass is 326 g/mol. The van der Waals surface area contributed by atoms with E-state index < -0.39 is 0 Å². The molecule has 4 nitrogen and oxygen atoms in total. The summed E-state index contributed by atoms with van der Waals surface area (Å²) in [5.41, 5.74) is 8.64. The van der Waals surface area contributed by atoms with E-state index >= 15 is 0 Å². The molecule has 2 heterocycles. The van der Waals surface area contributed by atoms with E-state index in [0.717, 1.165) is 29.2 Å². The lowest BCUT2D eigenvalue weighted by atomic mass is 9.78. The lowest BCUT2D eigenvalue weighted by Crippen LogP contribution is -2.38. The summed E-state index contributed by atoms with van der Waals surface area (Å²) in [5, 5.41) is 4.48. The maximum Gasteiger partial charge on any atom is 0.0739 e. The van der Waals surface area contributed by atoms with Crippen molar-refractivity contribution < 1.29 is 0 Å². The highest BCUT2D eigenvalue weighted by Gasteiger charge is 2.38. The van der Waals surface area contributed by atoms with Crippen LogP contribution in [0, 0.1) is 18.8 Å². The Labute approximate surface area is 123 Å². The van der Waals surface area contributed by atoms with Crippen molar-refractivity contribution >= 4 is 15.9 Å². The zero-order valence-corrected chi connectivity index (χ0v) is 13.4. The summed E-state index contributed by atoms with van der Waals surface area (Å²) >= 11 is 3.66. The molecule has 106 valence electrons. The summed E-state index contributed by atoms with van der Waals surface area (Å²) in [6.07, 6.45) is 3.88. The highest BCUT2D eigenvalue weighted by Crippen LogP contribution is 2.36. The van der Waals surface area contributed by atoms with Crippen molar-refractivity contribution in [1.29, 1.82) is 0 Å². The molecule has 1 saturated carbocycles. The topological polar surface area (TPSA) is 47.1 Å². The number of likely N-dealkylation sites (tertiary alicyclic amines) is 1.